The second kappa shape index (κ2) is 6.70. The summed E-state index contributed by atoms with van der Waals surface area (Å²) in [5.41, 5.74) is 0.318. The Morgan fingerprint density at radius 1 is 1.39 bits per heavy atom. The number of methoxy groups -OCH3 is 1. The van der Waals surface area contributed by atoms with Crippen molar-refractivity contribution in [3.8, 4) is 0 Å². The molecule has 23 heavy (non-hydrogen) atoms. The quantitative estimate of drug-likeness (QED) is 0.886. The Morgan fingerprint density at radius 3 is 2.91 bits per heavy atom. The lowest BCUT2D eigenvalue weighted by Gasteiger charge is -2.32. The molecule has 2 aliphatic rings. The number of hydrogen-bond donors (Lipinski definition) is 1. The average molecular weight is 321 g/mol. The van der Waals surface area contributed by atoms with Gasteiger partial charge < -0.3 is 14.7 Å². The molecule has 1 aliphatic heterocycles. The molecule has 7 nitrogen and oxygen atoms in total. The molecule has 126 valence electrons. The van der Waals surface area contributed by atoms with Gasteiger partial charge in [-0.3, -0.25) is 9.48 Å². The molecule has 3 rings (SSSR count). The number of aliphatic carboxylic acids is 1. The molecule has 3 unspecified atom stereocenters. The first-order valence-electron chi connectivity index (χ1n) is 8.19. The number of ether oxygens (including phenoxy) is 1. The van der Waals surface area contributed by atoms with Crippen LogP contribution in [0.25, 0.3) is 0 Å². The second-order valence-corrected chi connectivity index (χ2v) is 6.37. The Bertz CT molecular complexity index is 586. The van der Waals surface area contributed by atoms with Gasteiger partial charge in [-0.1, -0.05) is 12.8 Å². The van der Waals surface area contributed by atoms with Gasteiger partial charge in [-0.05, 0) is 31.2 Å². The standard InChI is InChI=1S/C16H23N3O4/c1-23-9-8-18-7-6-12(17-18)15(20)19-13-5-3-2-4-11(13)10-14(19)16(21)22/h6-7,11,13-14H,2-5,8-10H2,1H3,(H,21,22). The number of rotatable bonds is 5. The van der Waals surface area contributed by atoms with Crippen LogP contribution in [0.3, 0.4) is 0 Å². The molecule has 1 saturated carbocycles. The van der Waals surface area contributed by atoms with Crippen LogP contribution in [0.2, 0.25) is 0 Å². The molecule has 1 aromatic heterocycles. The van der Waals surface area contributed by atoms with E-state index in [0.717, 1.165) is 25.7 Å². The first-order valence-corrected chi connectivity index (χ1v) is 8.19. The Morgan fingerprint density at radius 2 is 2.17 bits per heavy atom. The van der Waals surface area contributed by atoms with Crippen molar-refractivity contribution >= 4 is 11.9 Å². The van der Waals surface area contributed by atoms with Crippen molar-refractivity contribution in [3.05, 3.63) is 18.0 Å². The van der Waals surface area contributed by atoms with E-state index in [-0.39, 0.29) is 11.9 Å². The van der Waals surface area contributed by atoms with Gasteiger partial charge in [-0.25, -0.2) is 4.79 Å². The van der Waals surface area contributed by atoms with Crippen molar-refractivity contribution in [1.29, 1.82) is 0 Å². The predicted octanol–water partition coefficient (Wildman–Crippen LogP) is 1.39. The topological polar surface area (TPSA) is 84.7 Å². The molecular weight excluding hydrogens is 298 g/mol. The zero-order chi connectivity index (χ0) is 16.4. The van der Waals surface area contributed by atoms with E-state index in [1.54, 1.807) is 29.0 Å². The second-order valence-electron chi connectivity index (χ2n) is 6.37. The summed E-state index contributed by atoms with van der Waals surface area (Å²) < 4.78 is 6.65. The summed E-state index contributed by atoms with van der Waals surface area (Å²) in [6.07, 6.45) is 6.39. The summed E-state index contributed by atoms with van der Waals surface area (Å²) >= 11 is 0. The fraction of sp³-hybridized carbons (Fsp3) is 0.688. The van der Waals surface area contributed by atoms with Crippen LogP contribution in [0.4, 0.5) is 0 Å². The third kappa shape index (κ3) is 3.10. The fourth-order valence-corrected chi connectivity index (χ4v) is 3.89. The molecular formula is C16H23N3O4. The molecule has 2 heterocycles. The summed E-state index contributed by atoms with van der Waals surface area (Å²) in [6, 6.07) is 0.980. The van der Waals surface area contributed by atoms with Crippen molar-refractivity contribution in [1.82, 2.24) is 14.7 Å². The molecule has 0 radical (unpaired) electrons. The number of aromatic nitrogens is 2. The van der Waals surface area contributed by atoms with E-state index in [1.165, 1.54) is 0 Å². The lowest BCUT2D eigenvalue weighted by atomic mass is 9.84. The minimum Gasteiger partial charge on any atom is -0.480 e. The van der Waals surface area contributed by atoms with E-state index in [9.17, 15) is 14.7 Å². The number of fused-ring (bicyclic) bond motifs is 1. The largest absolute Gasteiger partial charge is 0.480 e. The van der Waals surface area contributed by atoms with Crippen LogP contribution in [0.1, 0.15) is 42.6 Å². The number of carboxylic acids is 1. The van der Waals surface area contributed by atoms with Gasteiger partial charge in [0.2, 0.25) is 0 Å². The third-order valence-corrected chi connectivity index (χ3v) is 4.99. The van der Waals surface area contributed by atoms with Crippen molar-refractivity contribution in [2.24, 2.45) is 5.92 Å². The highest BCUT2D eigenvalue weighted by atomic mass is 16.5. The summed E-state index contributed by atoms with van der Waals surface area (Å²) in [5, 5.41) is 13.8. The molecule has 1 aromatic rings. The van der Waals surface area contributed by atoms with E-state index in [0.29, 0.717) is 31.2 Å². The van der Waals surface area contributed by atoms with Crippen LogP contribution in [0.5, 0.6) is 0 Å². The van der Waals surface area contributed by atoms with Crippen LogP contribution < -0.4 is 0 Å². The molecule has 7 heteroatoms. The maximum atomic E-state index is 12.9. The smallest absolute Gasteiger partial charge is 0.326 e. The van der Waals surface area contributed by atoms with Gasteiger partial charge >= 0.3 is 5.97 Å². The van der Waals surface area contributed by atoms with Gasteiger partial charge in [0.1, 0.15) is 11.7 Å². The molecule has 1 aliphatic carbocycles. The van der Waals surface area contributed by atoms with Crippen LogP contribution in [0, 0.1) is 5.92 Å². The minimum absolute atomic E-state index is 0.0430. The van der Waals surface area contributed by atoms with E-state index < -0.39 is 12.0 Å². The normalized spacial score (nSPS) is 27.0. The molecule has 2 fully saturated rings. The Labute approximate surface area is 135 Å². The van der Waals surface area contributed by atoms with Gasteiger partial charge in [0.25, 0.3) is 5.91 Å². The lowest BCUT2D eigenvalue weighted by molar-refractivity contribution is -0.141. The van der Waals surface area contributed by atoms with E-state index in [2.05, 4.69) is 5.10 Å². The molecule has 1 saturated heterocycles. The molecule has 1 amide bonds. The summed E-state index contributed by atoms with van der Waals surface area (Å²) in [4.78, 5) is 26.0. The Balaban J connectivity index is 1.80. The van der Waals surface area contributed by atoms with E-state index in [1.807, 2.05) is 0 Å². The van der Waals surface area contributed by atoms with Gasteiger partial charge in [0.05, 0.1) is 13.2 Å². The maximum absolute atomic E-state index is 12.9. The van der Waals surface area contributed by atoms with Crippen LogP contribution in [-0.2, 0) is 16.1 Å². The highest BCUT2D eigenvalue weighted by Crippen LogP contribution is 2.40. The molecule has 0 bridgehead atoms. The zero-order valence-electron chi connectivity index (χ0n) is 13.4. The minimum atomic E-state index is -0.911. The first kappa shape index (κ1) is 16.0. The van der Waals surface area contributed by atoms with E-state index in [4.69, 9.17) is 4.74 Å². The van der Waals surface area contributed by atoms with Crippen molar-refractivity contribution in [3.63, 3.8) is 0 Å². The number of likely N-dealkylation sites (tertiary alicyclic amines) is 1. The number of carboxylic acid groups (broad SMARTS) is 1. The first-order chi connectivity index (χ1) is 11.1. The number of hydrogen-bond acceptors (Lipinski definition) is 4. The summed E-state index contributed by atoms with van der Waals surface area (Å²) in [5.74, 6) is -0.862. The van der Waals surface area contributed by atoms with Gasteiger partial charge in [-0.15, -0.1) is 0 Å². The predicted molar refractivity (Wildman–Crippen MR) is 82.1 cm³/mol. The number of carbonyl (C=O) groups excluding carboxylic acids is 1. The van der Waals surface area contributed by atoms with Crippen LogP contribution in [0.15, 0.2) is 12.3 Å². The molecule has 0 spiro atoms. The van der Waals surface area contributed by atoms with Gasteiger partial charge in [-0.2, -0.15) is 5.10 Å². The van der Waals surface area contributed by atoms with Crippen molar-refractivity contribution in [2.45, 2.75) is 50.7 Å². The SMILES string of the molecule is COCCn1ccc(C(=O)N2C(C(=O)O)CC3CCCCC32)n1. The number of amides is 1. The van der Waals surface area contributed by atoms with Crippen LogP contribution >= 0.6 is 0 Å². The van der Waals surface area contributed by atoms with E-state index >= 15 is 0 Å². The Kier molecular flexibility index (Phi) is 4.66. The summed E-state index contributed by atoms with van der Waals surface area (Å²) in [7, 11) is 1.61. The molecule has 0 aromatic carbocycles. The Hall–Kier alpha value is -1.89. The van der Waals surface area contributed by atoms with Crippen molar-refractivity contribution in [2.75, 3.05) is 13.7 Å². The summed E-state index contributed by atoms with van der Waals surface area (Å²) in [6.45, 7) is 1.08. The van der Waals surface area contributed by atoms with Crippen molar-refractivity contribution < 1.29 is 19.4 Å². The zero-order valence-corrected chi connectivity index (χ0v) is 13.4. The fourth-order valence-electron chi connectivity index (χ4n) is 3.89. The van der Waals surface area contributed by atoms with Crippen LogP contribution in [-0.4, -0.2) is 57.5 Å². The molecule has 3 atom stereocenters. The lowest BCUT2D eigenvalue weighted by Crippen LogP contribution is -2.46. The monoisotopic (exact) mass is 321 g/mol. The maximum Gasteiger partial charge on any atom is 0.326 e. The van der Waals surface area contributed by atoms with Gasteiger partial charge in [0.15, 0.2) is 0 Å². The highest BCUT2D eigenvalue weighted by Gasteiger charge is 2.48. The van der Waals surface area contributed by atoms with Gasteiger partial charge in [0, 0.05) is 19.3 Å². The third-order valence-electron chi connectivity index (χ3n) is 4.99. The highest BCUT2D eigenvalue weighted by molar-refractivity contribution is 5.95. The molecule has 1 N–H and O–H groups in total. The average Bonchev–Trinajstić information content (AvgIpc) is 3.16. The number of carbonyl (C=O) groups is 2. The number of nitrogens with zero attached hydrogens (tertiary/aromatic N) is 3.